The van der Waals surface area contributed by atoms with Crippen LogP contribution in [0.25, 0.3) is 11.0 Å². The summed E-state index contributed by atoms with van der Waals surface area (Å²) < 4.78 is 11.2. The van der Waals surface area contributed by atoms with Crippen LogP contribution in [-0.4, -0.2) is 17.5 Å². The van der Waals surface area contributed by atoms with E-state index in [1.165, 1.54) is 6.07 Å². The molecule has 2 rings (SSSR count). The standard InChI is InChI=1S/C15H17NO4/c1-3-4-12-7-14(17)13-6-5-11(8-15(13)20-12)19-9-10(2)16-18/h5-8,18H,3-4,9H2,1-2H3/b16-10-. The molecule has 2 aromatic rings. The van der Waals surface area contributed by atoms with Gasteiger partial charge >= 0.3 is 0 Å². The molecule has 1 heterocycles. The lowest BCUT2D eigenvalue weighted by molar-refractivity contribution is 0.307. The van der Waals surface area contributed by atoms with Gasteiger partial charge in [0.05, 0.1) is 11.1 Å². The lowest BCUT2D eigenvalue weighted by Gasteiger charge is -2.06. The number of nitrogens with zero attached hydrogens (tertiary/aromatic N) is 1. The Morgan fingerprint density at radius 3 is 2.90 bits per heavy atom. The Labute approximate surface area is 116 Å². The van der Waals surface area contributed by atoms with Gasteiger partial charge in [-0.2, -0.15) is 0 Å². The first-order chi connectivity index (χ1) is 9.63. The zero-order valence-electron chi connectivity index (χ0n) is 11.5. The van der Waals surface area contributed by atoms with Crippen LogP contribution >= 0.6 is 0 Å². The Morgan fingerprint density at radius 2 is 2.20 bits per heavy atom. The van der Waals surface area contributed by atoms with E-state index in [9.17, 15) is 4.79 Å². The van der Waals surface area contributed by atoms with Gasteiger partial charge in [0.25, 0.3) is 0 Å². The van der Waals surface area contributed by atoms with Gasteiger partial charge < -0.3 is 14.4 Å². The number of hydrogen-bond acceptors (Lipinski definition) is 5. The van der Waals surface area contributed by atoms with Crippen LogP contribution in [0.1, 0.15) is 26.0 Å². The van der Waals surface area contributed by atoms with Crippen molar-refractivity contribution in [3.8, 4) is 5.75 Å². The Bertz CT molecular complexity index is 688. The molecule has 106 valence electrons. The van der Waals surface area contributed by atoms with Gasteiger partial charge in [0.15, 0.2) is 5.43 Å². The second-order valence-corrected chi connectivity index (χ2v) is 4.61. The molecule has 0 aliphatic rings. The average molecular weight is 275 g/mol. The van der Waals surface area contributed by atoms with Crippen LogP contribution in [0.5, 0.6) is 5.75 Å². The molecule has 0 amide bonds. The van der Waals surface area contributed by atoms with Gasteiger partial charge in [-0.1, -0.05) is 12.1 Å². The normalized spacial score (nSPS) is 11.8. The molecule has 0 bridgehead atoms. The predicted octanol–water partition coefficient (Wildman–Crippen LogP) is 2.97. The van der Waals surface area contributed by atoms with Crippen LogP contribution in [0, 0.1) is 0 Å². The summed E-state index contributed by atoms with van der Waals surface area (Å²) in [6, 6.07) is 6.59. The van der Waals surface area contributed by atoms with Gasteiger partial charge in [-0.05, 0) is 25.5 Å². The minimum atomic E-state index is -0.0469. The van der Waals surface area contributed by atoms with E-state index in [-0.39, 0.29) is 12.0 Å². The summed E-state index contributed by atoms with van der Waals surface area (Å²) in [7, 11) is 0. The van der Waals surface area contributed by atoms with E-state index in [0.717, 1.165) is 12.8 Å². The predicted molar refractivity (Wildman–Crippen MR) is 76.9 cm³/mol. The lowest BCUT2D eigenvalue weighted by Crippen LogP contribution is -2.08. The maximum absolute atomic E-state index is 11.9. The van der Waals surface area contributed by atoms with Crippen molar-refractivity contribution in [1.29, 1.82) is 0 Å². The molecule has 20 heavy (non-hydrogen) atoms. The van der Waals surface area contributed by atoms with Gasteiger partial charge in [-0.3, -0.25) is 4.79 Å². The van der Waals surface area contributed by atoms with Gasteiger partial charge in [0.2, 0.25) is 0 Å². The Hall–Kier alpha value is -2.30. The van der Waals surface area contributed by atoms with E-state index in [0.29, 0.717) is 28.2 Å². The molecule has 0 radical (unpaired) electrons. The topological polar surface area (TPSA) is 72.0 Å². The largest absolute Gasteiger partial charge is 0.487 e. The smallest absolute Gasteiger partial charge is 0.192 e. The van der Waals surface area contributed by atoms with Crippen LogP contribution in [0.2, 0.25) is 0 Å². The fraction of sp³-hybridized carbons (Fsp3) is 0.333. The molecule has 0 aliphatic heterocycles. The summed E-state index contributed by atoms with van der Waals surface area (Å²) in [5.41, 5.74) is 0.928. The third-order valence-electron chi connectivity index (χ3n) is 2.87. The van der Waals surface area contributed by atoms with Crippen molar-refractivity contribution in [2.75, 3.05) is 6.61 Å². The van der Waals surface area contributed by atoms with E-state index < -0.39 is 0 Å². The van der Waals surface area contributed by atoms with Crippen LogP contribution in [0.3, 0.4) is 0 Å². The van der Waals surface area contributed by atoms with Crippen LogP contribution in [0.4, 0.5) is 0 Å². The van der Waals surface area contributed by atoms with E-state index in [2.05, 4.69) is 5.16 Å². The number of ether oxygens (including phenoxy) is 1. The molecule has 0 spiro atoms. The Morgan fingerprint density at radius 1 is 1.40 bits per heavy atom. The van der Waals surface area contributed by atoms with E-state index in [1.807, 2.05) is 6.92 Å². The summed E-state index contributed by atoms with van der Waals surface area (Å²) in [6.45, 7) is 3.86. The van der Waals surface area contributed by atoms with Crippen molar-refractivity contribution in [2.45, 2.75) is 26.7 Å². The molecule has 1 aromatic heterocycles. The van der Waals surface area contributed by atoms with Gasteiger partial charge in [0.1, 0.15) is 23.7 Å². The fourth-order valence-corrected chi connectivity index (χ4v) is 1.86. The molecule has 0 saturated heterocycles. The first kappa shape index (κ1) is 14.1. The second kappa shape index (κ2) is 6.23. The number of rotatable bonds is 5. The van der Waals surface area contributed by atoms with Crippen molar-refractivity contribution in [3.63, 3.8) is 0 Å². The summed E-state index contributed by atoms with van der Waals surface area (Å²) in [5, 5.41) is 12.1. The third kappa shape index (κ3) is 3.17. The van der Waals surface area contributed by atoms with Crippen LogP contribution < -0.4 is 10.2 Å². The highest BCUT2D eigenvalue weighted by atomic mass is 16.5. The molecule has 0 unspecified atom stereocenters. The highest BCUT2D eigenvalue weighted by molar-refractivity contribution is 5.83. The Kier molecular flexibility index (Phi) is 4.40. The van der Waals surface area contributed by atoms with E-state index >= 15 is 0 Å². The first-order valence-electron chi connectivity index (χ1n) is 6.51. The second-order valence-electron chi connectivity index (χ2n) is 4.61. The van der Waals surface area contributed by atoms with Crippen molar-refractivity contribution < 1.29 is 14.4 Å². The monoisotopic (exact) mass is 275 g/mol. The summed E-state index contributed by atoms with van der Waals surface area (Å²) in [6.07, 6.45) is 1.64. The maximum Gasteiger partial charge on any atom is 0.192 e. The molecular weight excluding hydrogens is 258 g/mol. The first-order valence-corrected chi connectivity index (χ1v) is 6.51. The summed E-state index contributed by atoms with van der Waals surface area (Å²) in [5.74, 6) is 1.24. The number of hydrogen-bond donors (Lipinski definition) is 1. The molecular formula is C15H17NO4. The molecule has 0 atom stereocenters. The third-order valence-corrected chi connectivity index (χ3v) is 2.87. The van der Waals surface area contributed by atoms with Crippen LogP contribution in [0.15, 0.2) is 38.6 Å². The summed E-state index contributed by atoms with van der Waals surface area (Å²) >= 11 is 0. The molecule has 0 aliphatic carbocycles. The lowest BCUT2D eigenvalue weighted by atomic mass is 10.2. The van der Waals surface area contributed by atoms with E-state index in [1.54, 1.807) is 25.1 Å². The highest BCUT2D eigenvalue weighted by Gasteiger charge is 2.06. The van der Waals surface area contributed by atoms with Crippen molar-refractivity contribution >= 4 is 16.7 Å². The summed E-state index contributed by atoms with van der Waals surface area (Å²) in [4.78, 5) is 11.9. The SMILES string of the molecule is CCCc1cc(=O)c2ccc(OC/C(C)=N\O)cc2o1. The quantitative estimate of drug-likeness (QED) is 0.517. The molecule has 5 nitrogen and oxygen atoms in total. The van der Waals surface area contributed by atoms with Gasteiger partial charge in [0, 0.05) is 18.6 Å². The minimum Gasteiger partial charge on any atom is -0.487 e. The Balaban J connectivity index is 2.34. The molecule has 5 heteroatoms. The van der Waals surface area contributed by atoms with Gasteiger partial charge in [-0.15, -0.1) is 0 Å². The number of aryl methyl sites for hydroxylation is 1. The number of benzene rings is 1. The van der Waals surface area contributed by atoms with E-state index in [4.69, 9.17) is 14.4 Å². The zero-order valence-corrected chi connectivity index (χ0v) is 11.5. The molecule has 1 aromatic carbocycles. The van der Waals surface area contributed by atoms with Crippen molar-refractivity contribution in [3.05, 3.63) is 40.2 Å². The fourth-order valence-electron chi connectivity index (χ4n) is 1.86. The molecule has 1 N–H and O–H groups in total. The maximum atomic E-state index is 11.9. The highest BCUT2D eigenvalue weighted by Crippen LogP contribution is 2.20. The zero-order chi connectivity index (χ0) is 14.5. The number of oxime groups is 1. The van der Waals surface area contributed by atoms with Crippen molar-refractivity contribution in [1.82, 2.24) is 0 Å². The molecule has 0 fully saturated rings. The van der Waals surface area contributed by atoms with Crippen LogP contribution in [-0.2, 0) is 6.42 Å². The minimum absolute atomic E-state index is 0.0469. The van der Waals surface area contributed by atoms with Gasteiger partial charge in [-0.25, -0.2) is 0 Å². The average Bonchev–Trinajstić information content (AvgIpc) is 2.44. The molecule has 0 saturated carbocycles. The van der Waals surface area contributed by atoms with Crippen molar-refractivity contribution in [2.24, 2.45) is 5.16 Å². The number of fused-ring (bicyclic) bond motifs is 1.